The lowest BCUT2D eigenvalue weighted by Gasteiger charge is -1.98. The van der Waals surface area contributed by atoms with Gasteiger partial charge in [-0.3, -0.25) is 0 Å². The molecule has 0 spiro atoms. The van der Waals surface area contributed by atoms with Crippen molar-refractivity contribution in [3.8, 4) is 0 Å². The van der Waals surface area contributed by atoms with Gasteiger partial charge < -0.3 is 0 Å². The summed E-state index contributed by atoms with van der Waals surface area (Å²) in [5.41, 5.74) is 2.61. The minimum atomic E-state index is -0.900. The molecule has 0 aliphatic heterocycles. The highest BCUT2D eigenvalue weighted by molar-refractivity contribution is 5.82. The lowest BCUT2D eigenvalue weighted by Crippen LogP contribution is -1.88. The molecular formula is C18H16F2N2. The van der Waals surface area contributed by atoms with E-state index in [0.29, 0.717) is 5.56 Å². The van der Waals surface area contributed by atoms with Crippen LogP contribution in [0, 0.1) is 11.6 Å². The van der Waals surface area contributed by atoms with Crippen molar-refractivity contribution in [3.63, 3.8) is 0 Å². The van der Waals surface area contributed by atoms with Gasteiger partial charge in [-0.05, 0) is 41.7 Å². The van der Waals surface area contributed by atoms with Crippen LogP contribution in [0.25, 0.3) is 0 Å². The molecule has 2 rings (SSSR count). The van der Waals surface area contributed by atoms with E-state index in [9.17, 15) is 8.78 Å². The molecule has 0 unspecified atom stereocenters. The quantitative estimate of drug-likeness (QED) is 0.425. The van der Waals surface area contributed by atoms with Gasteiger partial charge >= 0.3 is 0 Å². The zero-order valence-corrected chi connectivity index (χ0v) is 12.0. The predicted octanol–water partition coefficient (Wildman–Crippen LogP) is 4.54. The van der Waals surface area contributed by atoms with Crippen LogP contribution in [0.3, 0.4) is 0 Å². The second-order valence-corrected chi connectivity index (χ2v) is 4.73. The molecule has 2 aromatic rings. The summed E-state index contributed by atoms with van der Waals surface area (Å²) in [6.45, 7) is 3.70. The second-order valence-electron chi connectivity index (χ2n) is 4.73. The molecule has 2 aromatic carbocycles. The Bertz CT molecular complexity index is 689. The van der Waals surface area contributed by atoms with Crippen molar-refractivity contribution < 1.29 is 8.78 Å². The SMILES string of the molecule is C=CCCc1ccc(/C=N/N=C/c2ccc(F)c(F)c2)cc1. The third kappa shape index (κ3) is 4.74. The second kappa shape index (κ2) is 7.98. The summed E-state index contributed by atoms with van der Waals surface area (Å²) >= 11 is 0. The summed E-state index contributed by atoms with van der Waals surface area (Å²) in [5.74, 6) is -1.78. The van der Waals surface area contributed by atoms with E-state index < -0.39 is 11.6 Å². The van der Waals surface area contributed by atoms with Gasteiger partial charge in [-0.1, -0.05) is 36.4 Å². The molecule has 0 saturated carbocycles. The molecule has 0 aromatic heterocycles. The van der Waals surface area contributed by atoms with E-state index in [2.05, 4.69) is 16.8 Å². The average molecular weight is 298 g/mol. The smallest absolute Gasteiger partial charge is 0.159 e. The molecule has 112 valence electrons. The fourth-order valence-corrected chi connectivity index (χ4v) is 1.83. The van der Waals surface area contributed by atoms with Crippen LogP contribution in [0.5, 0.6) is 0 Å². The Labute approximate surface area is 128 Å². The minimum Gasteiger partial charge on any atom is -0.204 e. The first kappa shape index (κ1) is 15.8. The Kier molecular flexibility index (Phi) is 5.72. The zero-order chi connectivity index (χ0) is 15.8. The van der Waals surface area contributed by atoms with Crippen LogP contribution in [0.2, 0.25) is 0 Å². The number of rotatable bonds is 6. The van der Waals surface area contributed by atoms with E-state index >= 15 is 0 Å². The molecule has 4 heteroatoms. The van der Waals surface area contributed by atoms with Crippen molar-refractivity contribution in [2.24, 2.45) is 10.2 Å². The highest BCUT2D eigenvalue weighted by atomic mass is 19.2. The third-order valence-corrected chi connectivity index (χ3v) is 3.04. The molecule has 0 aliphatic rings. The molecular weight excluding hydrogens is 282 g/mol. The molecule has 2 nitrogen and oxygen atoms in total. The maximum absolute atomic E-state index is 13.0. The molecule has 22 heavy (non-hydrogen) atoms. The van der Waals surface area contributed by atoms with Crippen LogP contribution in [-0.4, -0.2) is 12.4 Å². The van der Waals surface area contributed by atoms with E-state index in [0.717, 1.165) is 30.5 Å². The van der Waals surface area contributed by atoms with E-state index in [1.807, 2.05) is 30.3 Å². The molecule has 0 radical (unpaired) electrons. The van der Waals surface area contributed by atoms with Crippen molar-refractivity contribution in [2.75, 3.05) is 0 Å². The van der Waals surface area contributed by atoms with Crippen LogP contribution in [0.4, 0.5) is 8.78 Å². The number of allylic oxidation sites excluding steroid dienone is 1. The summed E-state index contributed by atoms with van der Waals surface area (Å²) in [4.78, 5) is 0. The lowest BCUT2D eigenvalue weighted by atomic mass is 10.1. The molecule has 0 fully saturated rings. The molecule has 0 amide bonds. The monoisotopic (exact) mass is 298 g/mol. The van der Waals surface area contributed by atoms with Gasteiger partial charge in [0.2, 0.25) is 0 Å². The number of aryl methyl sites for hydroxylation is 1. The van der Waals surface area contributed by atoms with Gasteiger partial charge in [0.25, 0.3) is 0 Å². The third-order valence-electron chi connectivity index (χ3n) is 3.04. The predicted molar refractivity (Wildman–Crippen MR) is 86.5 cm³/mol. The summed E-state index contributed by atoms with van der Waals surface area (Å²) in [7, 11) is 0. The van der Waals surface area contributed by atoms with Gasteiger partial charge in [0.1, 0.15) is 0 Å². The Balaban J connectivity index is 1.95. The Morgan fingerprint density at radius 2 is 1.50 bits per heavy atom. The molecule has 0 bridgehead atoms. The minimum absolute atomic E-state index is 0.454. The molecule has 0 aliphatic carbocycles. The molecule has 0 heterocycles. The van der Waals surface area contributed by atoms with E-state index in [-0.39, 0.29) is 0 Å². The van der Waals surface area contributed by atoms with Crippen molar-refractivity contribution in [1.82, 2.24) is 0 Å². The van der Waals surface area contributed by atoms with Gasteiger partial charge in [0, 0.05) is 0 Å². The molecule has 0 atom stereocenters. The first-order valence-corrected chi connectivity index (χ1v) is 6.90. The van der Waals surface area contributed by atoms with Crippen LogP contribution in [0.1, 0.15) is 23.1 Å². The highest BCUT2D eigenvalue weighted by Gasteiger charge is 1.99. The topological polar surface area (TPSA) is 24.7 Å². The fourth-order valence-electron chi connectivity index (χ4n) is 1.83. The average Bonchev–Trinajstić information content (AvgIpc) is 2.54. The maximum Gasteiger partial charge on any atom is 0.159 e. The van der Waals surface area contributed by atoms with Crippen LogP contribution >= 0.6 is 0 Å². The Morgan fingerprint density at radius 1 is 0.864 bits per heavy atom. The van der Waals surface area contributed by atoms with Crippen molar-refractivity contribution >= 4 is 12.4 Å². The van der Waals surface area contributed by atoms with Crippen LogP contribution in [0.15, 0.2) is 65.3 Å². The number of hydrogen-bond acceptors (Lipinski definition) is 2. The van der Waals surface area contributed by atoms with E-state index in [1.54, 1.807) is 6.21 Å². The number of hydrogen-bond donors (Lipinski definition) is 0. The zero-order valence-electron chi connectivity index (χ0n) is 12.0. The molecule has 0 saturated heterocycles. The molecule has 0 N–H and O–H groups in total. The number of nitrogens with zero attached hydrogens (tertiary/aromatic N) is 2. The number of halogens is 2. The summed E-state index contributed by atoms with van der Waals surface area (Å²) in [6, 6.07) is 11.5. The first-order chi connectivity index (χ1) is 10.7. The van der Waals surface area contributed by atoms with Crippen molar-refractivity contribution in [3.05, 3.63) is 83.4 Å². The lowest BCUT2D eigenvalue weighted by molar-refractivity contribution is 0.508. The van der Waals surface area contributed by atoms with Crippen LogP contribution in [-0.2, 0) is 6.42 Å². The van der Waals surface area contributed by atoms with Crippen LogP contribution < -0.4 is 0 Å². The number of benzene rings is 2. The summed E-state index contributed by atoms with van der Waals surface area (Å²) < 4.78 is 25.8. The normalized spacial score (nSPS) is 11.4. The van der Waals surface area contributed by atoms with E-state index in [1.165, 1.54) is 17.8 Å². The maximum atomic E-state index is 13.0. The summed E-state index contributed by atoms with van der Waals surface area (Å²) in [5, 5.41) is 7.71. The highest BCUT2D eigenvalue weighted by Crippen LogP contribution is 2.07. The van der Waals surface area contributed by atoms with Gasteiger partial charge in [0.15, 0.2) is 11.6 Å². The fraction of sp³-hybridized carbons (Fsp3) is 0.111. The standard InChI is InChI=1S/C18H16F2N2/c1-2-3-4-14-5-7-15(8-6-14)12-21-22-13-16-9-10-17(19)18(20)11-16/h2,5-13H,1,3-4H2/b21-12+,22-13+. The van der Waals surface area contributed by atoms with Gasteiger partial charge in [-0.25, -0.2) is 8.78 Å². The van der Waals surface area contributed by atoms with Crippen molar-refractivity contribution in [1.29, 1.82) is 0 Å². The van der Waals surface area contributed by atoms with Crippen molar-refractivity contribution in [2.45, 2.75) is 12.8 Å². The first-order valence-electron chi connectivity index (χ1n) is 6.90. The van der Waals surface area contributed by atoms with Gasteiger partial charge in [-0.2, -0.15) is 10.2 Å². The van der Waals surface area contributed by atoms with E-state index in [4.69, 9.17) is 0 Å². The summed E-state index contributed by atoms with van der Waals surface area (Å²) in [6.07, 6.45) is 6.79. The van der Waals surface area contributed by atoms with Gasteiger partial charge in [-0.15, -0.1) is 6.58 Å². The Hall–Kier alpha value is -2.62. The Morgan fingerprint density at radius 3 is 2.14 bits per heavy atom. The van der Waals surface area contributed by atoms with Gasteiger partial charge in [0.05, 0.1) is 12.4 Å². The largest absolute Gasteiger partial charge is 0.204 e.